The van der Waals surface area contributed by atoms with E-state index < -0.39 is 0 Å². The number of hydrogen-bond donors (Lipinski definition) is 2. The van der Waals surface area contributed by atoms with Gasteiger partial charge in [-0.05, 0) is 24.6 Å². The molecule has 0 atom stereocenters. The fraction of sp³-hybridized carbons (Fsp3) is 0.125. The number of aryl methyl sites for hydroxylation is 1. The van der Waals surface area contributed by atoms with E-state index in [1.807, 2.05) is 0 Å². The SMILES string of the molecule is Cc1cc(Cl)cc(/C=N\O)c1O. The molecule has 0 spiro atoms. The van der Waals surface area contributed by atoms with E-state index in [4.69, 9.17) is 16.8 Å². The van der Waals surface area contributed by atoms with Gasteiger partial charge in [0.1, 0.15) is 5.75 Å². The second-order valence-corrected chi connectivity index (χ2v) is 2.84. The van der Waals surface area contributed by atoms with Gasteiger partial charge in [-0.25, -0.2) is 0 Å². The Bertz CT molecular complexity index is 323. The molecule has 0 aliphatic heterocycles. The quantitative estimate of drug-likeness (QED) is 0.400. The first-order valence-corrected chi connectivity index (χ1v) is 3.69. The van der Waals surface area contributed by atoms with Crippen LogP contribution >= 0.6 is 11.6 Å². The van der Waals surface area contributed by atoms with Crippen molar-refractivity contribution in [3.63, 3.8) is 0 Å². The normalized spacial score (nSPS) is 10.8. The molecule has 1 aromatic carbocycles. The summed E-state index contributed by atoms with van der Waals surface area (Å²) in [6, 6.07) is 3.15. The van der Waals surface area contributed by atoms with E-state index in [-0.39, 0.29) is 5.75 Å². The van der Waals surface area contributed by atoms with Crippen molar-refractivity contribution in [2.75, 3.05) is 0 Å². The van der Waals surface area contributed by atoms with Gasteiger partial charge in [0.2, 0.25) is 0 Å². The van der Waals surface area contributed by atoms with Gasteiger partial charge in [-0.15, -0.1) is 0 Å². The molecule has 1 aromatic rings. The first kappa shape index (κ1) is 8.87. The molecule has 64 valence electrons. The van der Waals surface area contributed by atoms with Gasteiger partial charge in [-0.1, -0.05) is 16.8 Å². The number of rotatable bonds is 1. The topological polar surface area (TPSA) is 52.8 Å². The van der Waals surface area contributed by atoms with Crippen LogP contribution in [-0.4, -0.2) is 16.5 Å². The number of oxime groups is 1. The molecule has 0 bridgehead atoms. The Morgan fingerprint density at radius 1 is 1.50 bits per heavy atom. The zero-order valence-corrected chi connectivity index (χ0v) is 7.21. The maximum absolute atomic E-state index is 9.39. The lowest BCUT2D eigenvalue weighted by atomic mass is 10.1. The molecule has 12 heavy (non-hydrogen) atoms. The van der Waals surface area contributed by atoms with Gasteiger partial charge < -0.3 is 10.3 Å². The van der Waals surface area contributed by atoms with Gasteiger partial charge in [0, 0.05) is 10.6 Å². The summed E-state index contributed by atoms with van der Waals surface area (Å²) in [7, 11) is 0. The van der Waals surface area contributed by atoms with Gasteiger partial charge in [0.15, 0.2) is 0 Å². The van der Waals surface area contributed by atoms with Gasteiger partial charge in [0.25, 0.3) is 0 Å². The van der Waals surface area contributed by atoms with Gasteiger partial charge in [0.05, 0.1) is 6.21 Å². The Kier molecular flexibility index (Phi) is 2.55. The monoisotopic (exact) mass is 185 g/mol. The van der Waals surface area contributed by atoms with Crippen LogP contribution in [0.3, 0.4) is 0 Å². The minimum Gasteiger partial charge on any atom is -0.507 e. The van der Waals surface area contributed by atoms with Crippen LogP contribution in [0.4, 0.5) is 0 Å². The van der Waals surface area contributed by atoms with E-state index in [2.05, 4.69) is 5.16 Å². The predicted molar refractivity (Wildman–Crippen MR) is 47.2 cm³/mol. The van der Waals surface area contributed by atoms with Crippen molar-refractivity contribution in [1.82, 2.24) is 0 Å². The predicted octanol–water partition coefficient (Wildman–Crippen LogP) is 2.16. The summed E-state index contributed by atoms with van der Waals surface area (Å²) in [5.74, 6) is 0.0807. The number of benzene rings is 1. The lowest BCUT2D eigenvalue weighted by molar-refractivity contribution is 0.321. The van der Waals surface area contributed by atoms with E-state index in [1.54, 1.807) is 13.0 Å². The molecular formula is C8H8ClNO2. The highest BCUT2D eigenvalue weighted by Gasteiger charge is 2.03. The zero-order valence-electron chi connectivity index (χ0n) is 6.45. The van der Waals surface area contributed by atoms with Crippen molar-refractivity contribution >= 4 is 17.8 Å². The average Bonchev–Trinajstić information content (AvgIpc) is 2.00. The van der Waals surface area contributed by atoms with Crippen LogP contribution in [0, 0.1) is 6.92 Å². The molecule has 4 heteroatoms. The highest BCUT2D eigenvalue weighted by Crippen LogP contribution is 2.24. The van der Waals surface area contributed by atoms with Crippen LogP contribution in [-0.2, 0) is 0 Å². The molecule has 0 unspecified atom stereocenters. The van der Waals surface area contributed by atoms with Crippen LogP contribution in [0.1, 0.15) is 11.1 Å². The number of aromatic hydroxyl groups is 1. The minimum atomic E-state index is 0.0807. The van der Waals surface area contributed by atoms with E-state index in [1.165, 1.54) is 6.07 Å². The summed E-state index contributed by atoms with van der Waals surface area (Å²) < 4.78 is 0. The maximum Gasteiger partial charge on any atom is 0.127 e. The minimum absolute atomic E-state index is 0.0807. The first-order valence-electron chi connectivity index (χ1n) is 3.31. The molecule has 2 N–H and O–H groups in total. The molecule has 0 amide bonds. The lowest BCUT2D eigenvalue weighted by Crippen LogP contribution is -1.85. The van der Waals surface area contributed by atoms with Crippen LogP contribution < -0.4 is 0 Å². The number of nitrogens with zero attached hydrogens (tertiary/aromatic N) is 1. The van der Waals surface area contributed by atoms with Gasteiger partial charge in [-0.3, -0.25) is 0 Å². The zero-order chi connectivity index (χ0) is 9.14. The average molecular weight is 186 g/mol. The van der Waals surface area contributed by atoms with Crippen LogP contribution in [0.5, 0.6) is 5.75 Å². The third-order valence-electron chi connectivity index (χ3n) is 1.49. The highest BCUT2D eigenvalue weighted by atomic mass is 35.5. The Morgan fingerprint density at radius 3 is 2.75 bits per heavy atom. The summed E-state index contributed by atoms with van der Waals surface area (Å²) in [4.78, 5) is 0. The molecular weight excluding hydrogens is 178 g/mol. The van der Waals surface area contributed by atoms with Crippen LogP contribution in [0.25, 0.3) is 0 Å². The van der Waals surface area contributed by atoms with E-state index in [0.29, 0.717) is 16.1 Å². The number of hydrogen-bond acceptors (Lipinski definition) is 3. The molecule has 0 aliphatic rings. The second kappa shape index (κ2) is 3.45. The summed E-state index contributed by atoms with van der Waals surface area (Å²) >= 11 is 5.70. The van der Waals surface area contributed by atoms with E-state index in [0.717, 1.165) is 6.21 Å². The summed E-state index contributed by atoms with van der Waals surface area (Å²) in [5, 5.41) is 20.9. The van der Waals surface area contributed by atoms with Crippen molar-refractivity contribution in [2.45, 2.75) is 6.92 Å². The summed E-state index contributed by atoms with van der Waals surface area (Å²) in [6.07, 6.45) is 1.13. The molecule has 3 nitrogen and oxygen atoms in total. The summed E-state index contributed by atoms with van der Waals surface area (Å²) in [6.45, 7) is 1.72. The first-order chi connectivity index (χ1) is 5.65. The van der Waals surface area contributed by atoms with Crippen molar-refractivity contribution in [1.29, 1.82) is 0 Å². The summed E-state index contributed by atoms with van der Waals surface area (Å²) in [5.41, 5.74) is 1.06. The number of phenols is 1. The maximum atomic E-state index is 9.39. The van der Waals surface area contributed by atoms with Crippen LogP contribution in [0.2, 0.25) is 5.02 Å². The Labute approximate surface area is 74.9 Å². The molecule has 0 fully saturated rings. The van der Waals surface area contributed by atoms with Crippen LogP contribution in [0.15, 0.2) is 17.3 Å². The van der Waals surface area contributed by atoms with Crippen molar-refractivity contribution in [3.8, 4) is 5.75 Å². The molecule has 0 radical (unpaired) electrons. The highest BCUT2D eigenvalue weighted by molar-refractivity contribution is 6.31. The van der Waals surface area contributed by atoms with Crippen molar-refractivity contribution in [2.24, 2.45) is 5.16 Å². The third kappa shape index (κ3) is 1.68. The molecule has 1 rings (SSSR count). The Morgan fingerprint density at radius 2 is 2.17 bits per heavy atom. The molecule has 0 saturated heterocycles. The largest absolute Gasteiger partial charge is 0.507 e. The molecule has 0 aliphatic carbocycles. The van der Waals surface area contributed by atoms with Gasteiger partial charge in [-0.2, -0.15) is 0 Å². The second-order valence-electron chi connectivity index (χ2n) is 2.41. The fourth-order valence-electron chi connectivity index (χ4n) is 0.922. The van der Waals surface area contributed by atoms with Gasteiger partial charge >= 0.3 is 0 Å². The fourth-order valence-corrected chi connectivity index (χ4v) is 1.20. The van der Waals surface area contributed by atoms with Crippen molar-refractivity contribution < 1.29 is 10.3 Å². The Hall–Kier alpha value is -1.22. The number of phenolic OH excluding ortho intramolecular Hbond substituents is 1. The molecule has 0 aromatic heterocycles. The number of halogens is 1. The third-order valence-corrected chi connectivity index (χ3v) is 1.71. The van der Waals surface area contributed by atoms with Crippen molar-refractivity contribution in [3.05, 3.63) is 28.3 Å². The standard InChI is InChI=1S/C8H8ClNO2/c1-5-2-7(9)3-6(4-10-12)8(5)11/h2-4,11-12H,1H3/b10-4-. The molecule has 0 heterocycles. The van der Waals surface area contributed by atoms with E-state index >= 15 is 0 Å². The Balaban J connectivity index is 3.27. The smallest absolute Gasteiger partial charge is 0.127 e. The lowest BCUT2D eigenvalue weighted by Gasteiger charge is -2.02. The van der Waals surface area contributed by atoms with E-state index in [9.17, 15) is 5.11 Å². The molecule has 0 saturated carbocycles.